The van der Waals surface area contributed by atoms with Gasteiger partial charge < -0.3 is 0 Å². The van der Waals surface area contributed by atoms with Crippen LogP contribution in [0.15, 0.2) is 28.7 Å². The zero-order valence-corrected chi connectivity index (χ0v) is 16.3. The first kappa shape index (κ1) is 19.7. The molecule has 0 spiro atoms. The quantitative estimate of drug-likeness (QED) is 0.310. The van der Waals surface area contributed by atoms with Gasteiger partial charge in [-0.25, -0.2) is 0 Å². The number of hydrogen-bond acceptors (Lipinski definition) is 0. The van der Waals surface area contributed by atoms with Crippen LogP contribution in [0.1, 0.15) is 90.0 Å². The van der Waals surface area contributed by atoms with Crippen LogP contribution in [0.2, 0.25) is 0 Å². The van der Waals surface area contributed by atoms with Gasteiger partial charge >= 0.3 is 0 Å². The van der Waals surface area contributed by atoms with E-state index in [1.54, 1.807) is 0 Å². The smallest absolute Gasteiger partial charge is 0.0175 e. The first-order valence-corrected chi connectivity index (χ1v) is 10.3. The molecule has 22 heavy (non-hydrogen) atoms. The summed E-state index contributed by atoms with van der Waals surface area (Å²) in [7, 11) is 0. The van der Waals surface area contributed by atoms with E-state index in [1.807, 2.05) is 0 Å². The van der Waals surface area contributed by atoms with Gasteiger partial charge in [0.2, 0.25) is 0 Å². The molecule has 1 rings (SSSR count). The Bertz CT molecular complexity index is 355. The largest absolute Gasteiger partial charge is 0.0654 e. The van der Waals surface area contributed by atoms with E-state index < -0.39 is 0 Å². The van der Waals surface area contributed by atoms with Crippen molar-refractivity contribution in [3.8, 4) is 0 Å². The van der Waals surface area contributed by atoms with E-state index in [4.69, 9.17) is 0 Å². The standard InChI is InChI=1S/C21H35Br/c1-3-5-7-9-11-13-19(12-10-8-6-4-2)18-20-14-16-21(22)17-15-20/h14-17,19H,3-13,18H2,1-2H3. The molecule has 0 saturated carbocycles. The van der Waals surface area contributed by atoms with Gasteiger partial charge in [0.1, 0.15) is 0 Å². The molecule has 0 aliphatic carbocycles. The molecule has 0 aromatic heterocycles. The molecule has 0 saturated heterocycles. The van der Waals surface area contributed by atoms with Crippen LogP contribution >= 0.6 is 15.9 Å². The molecule has 1 aromatic carbocycles. The Morgan fingerprint density at radius 2 is 1.23 bits per heavy atom. The Kier molecular flexibility index (Phi) is 11.8. The van der Waals surface area contributed by atoms with E-state index in [-0.39, 0.29) is 0 Å². The average molecular weight is 367 g/mol. The summed E-state index contributed by atoms with van der Waals surface area (Å²) in [5, 5.41) is 0. The number of benzene rings is 1. The lowest BCUT2D eigenvalue weighted by Crippen LogP contribution is -2.05. The van der Waals surface area contributed by atoms with Gasteiger partial charge in [0.05, 0.1) is 0 Å². The van der Waals surface area contributed by atoms with E-state index in [0.717, 1.165) is 5.92 Å². The Balaban J connectivity index is 2.36. The van der Waals surface area contributed by atoms with Crippen LogP contribution in [-0.4, -0.2) is 0 Å². The second-order valence-electron chi connectivity index (χ2n) is 6.75. The van der Waals surface area contributed by atoms with Crippen LogP contribution in [0, 0.1) is 5.92 Å². The van der Waals surface area contributed by atoms with Gasteiger partial charge in [-0.15, -0.1) is 0 Å². The van der Waals surface area contributed by atoms with Crippen LogP contribution < -0.4 is 0 Å². The minimum atomic E-state index is 0.889. The van der Waals surface area contributed by atoms with E-state index in [2.05, 4.69) is 54.0 Å². The Morgan fingerprint density at radius 3 is 1.77 bits per heavy atom. The van der Waals surface area contributed by atoms with Gasteiger partial charge in [0.15, 0.2) is 0 Å². The normalized spacial score (nSPS) is 12.5. The number of halogens is 1. The molecule has 1 heteroatoms. The van der Waals surface area contributed by atoms with Gasteiger partial charge in [0, 0.05) is 4.47 Å². The molecule has 0 aliphatic heterocycles. The molecule has 1 unspecified atom stereocenters. The topological polar surface area (TPSA) is 0 Å². The fourth-order valence-corrected chi connectivity index (χ4v) is 3.46. The maximum atomic E-state index is 3.54. The predicted molar refractivity (Wildman–Crippen MR) is 103 cm³/mol. The van der Waals surface area contributed by atoms with Crippen molar-refractivity contribution >= 4 is 15.9 Å². The maximum Gasteiger partial charge on any atom is 0.0175 e. The SMILES string of the molecule is CCCCCCCC(CCCCCC)Cc1ccc(Br)cc1. The molecule has 0 heterocycles. The van der Waals surface area contributed by atoms with E-state index in [0.29, 0.717) is 0 Å². The molecular formula is C21H35Br. The number of unbranched alkanes of at least 4 members (excludes halogenated alkanes) is 7. The van der Waals surface area contributed by atoms with E-state index in [1.165, 1.54) is 87.1 Å². The molecular weight excluding hydrogens is 332 g/mol. The monoisotopic (exact) mass is 366 g/mol. The van der Waals surface area contributed by atoms with E-state index >= 15 is 0 Å². The fraction of sp³-hybridized carbons (Fsp3) is 0.714. The summed E-state index contributed by atoms with van der Waals surface area (Å²) < 4.78 is 1.19. The van der Waals surface area contributed by atoms with Crippen molar-refractivity contribution in [1.29, 1.82) is 0 Å². The third kappa shape index (κ3) is 9.66. The fourth-order valence-electron chi connectivity index (χ4n) is 3.20. The first-order valence-electron chi connectivity index (χ1n) is 9.50. The van der Waals surface area contributed by atoms with Gasteiger partial charge in [0.25, 0.3) is 0 Å². The number of hydrogen-bond donors (Lipinski definition) is 0. The lowest BCUT2D eigenvalue weighted by Gasteiger charge is -2.17. The minimum absolute atomic E-state index is 0.889. The van der Waals surface area contributed by atoms with Crippen molar-refractivity contribution in [2.75, 3.05) is 0 Å². The zero-order valence-electron chi connectivity index (χ0n) is 14.7. The maximum absolute atomic E-state index is 3.54. The molecule has 1 aromatic rings. The van der Waals surface area contributed by atoms with Crippen LogP contribution in [0.4, 0.5) is 0 Å². The lowest BCUT2D eigenvalue weighted by molar-refractivity contribution is 0.403. The molecule has 0 amide bonds. The highest BCUT2D eigenvalue weighted by atomic mass is 79.9. The lowest BCUT2D eigenvalue weighted by atomic mass is 9.89. The zero-order chi connectivity index (χ0) is 16.0. The van der Waals surface area contributed by atoms with Gasteiger partial charge in [-0.05, 0) is 30.0 Å². The minimum Gasteiger partial charge on any atom is -0.0654 e. The molecule has 0 bridgehead atoms. The molecule has 1 atom stereocenters. The van der Waals surface area contributed by atoms with Crippen molar-refractivity contribution in [2.24, 2.45) is 5.92 Å². The van der Waals surface area contributed by atoms with Crippen LogP contribution in [-0.2, 0) is 6.42 Å². The molecule has 0 fully saturated rings. The summed E-state index contributed by atoms with van der Waals surface area (Å²) in [6, 6.07) is 8.95. The summed E-state index contributed by atoms with van der Waals surface area (Å²) in [5.41, 5.74) is 1.51. The molecule has 0 aliphatic rings. The van der Waals surface area contributed by atoms with Gasteiger partial charge in [-0.2, -0.15) is 0 Å². The predicted octanol–water partition coefficient (Wildman–Crippen LogP) is 7.94. The summed E-state index contributed by atoms with van der Waals surface area (Å²) in [6.45, 7) is 4.59. The third-order valence-corrected chi connectivity index (χ3v) is 5.15. The van der Waals surface area contributed by atoms with Crippen LogP contribution in [0.3, 0.4) is 0 Å². The van der Waals surface area contributed by atoms with Crippen molar-refractivity contribution in [3.63, 3.8) is 0 Å². The number of rotatable bonds is 13. The van der Waals surface area contributed by atoms with Crippen molar-refractivity contribution in [3.05, 3.63) is 34.3 Å². The highest BCUT2D eigenvalue weighted by molar-refractivity contribution is 9.10. The van der Waals surface area contributed by atoms with Crippen LogP contribution in [0.25, 0.3) is 0 Å². The third-order valence-electron chi connectivity index (χ3n) is 4.62. The summed E-state index contributed by atoms with van der Waals surface area (Å²) in [4.78, 5) is 0. The summed E-state index contributed by atoms with van der Waals surface area (Å²) in [6.07, 6.45) is 16.7. The highest BCUT2D eigenvalue weighted by Gasteiger charge is 2.10. The van der Waals surface area contributed by atoms with E-state index in [9.17, 15) is 0 Å². The Labute approximate surface area is 147 Å². The second-order valence-corrected chi connectivity index (χ2v) is 7.66. The molecule has 0 nitrogen and oxygen atoms in total. The van der Waals surface area contributed by atoms with Crippen molar-refractivity contribution < 1.29 is 0 Å². The molecule has 0 radical (unpaired) electrons. The molecule has 126 valence electrons. The van der Waals surface area contributed by atoms with Crippen LogP contribution in [0.5, 0.6) is 0 Å². The first-order chi connectivity index (χ1) is 10.8. The second kappa shape index (κ2) is 13.2. The Hall–Kier alpha value is -0.300. The highest BCUT2D eigenvalue weighted by Crippen LogP contribution is 2.23. The summed E-state index contributed by atoms with van der Waals surface area (Å²) in [5.74, 6) is 0.889. The van der Waals surface area contributed by atoms with Crippen molar-refractivity contribution in [2.45, 2.75) is 90.9 Å². The summed E-state index contributed by atoms with van der Waals surface area (Å²) >= 11 is 3.54. The Morgan fingerprint density at radius 1 is 0.727 bits per heavy atom. The average Bonchev–Trinajstić information content (AvgIpc) is 2.53. The van der Waals surface area contributed by atoms with Gasteiger partial charge in [-0.3, -0.25) is 0 Å². The van der Waals surface area contributed by atoms with Gasteiger partial charge in [-0.1, -0.05) is 113 Å². The van der Waals surface area contributed by atoms with Crippen molar-refractivity contribution in [1.82, 2.24) is 0 Å². The molecule has 0 N–H and O–H groups in total.